The molecule has 0 atom stereocenters. The lowest BCUT2D eigenvalue weighted by molar-refractivity contribution is 0.0698. The Morgan fingerprint density at radius 1 is 1.33 bits per heavy atom. The van der Waals surface area contributed by atoms with Gasteiger partial charge < -0.3 is 14.9 Å². The van der Waals surface area contributed by atoms with Gasteiger partial charge in [0.15, 0.2) is 5.69 Å². The predicted molar refractivity (Wildman–Crippen MR) is 82.5 cm³/mol. The summed E-state index contributed by atoms with van der Waals surface area (Å²) in [4.78, 5) is 23.3. The Hall–Kier alpha value is -1.90. The number of carbonyl (C=O) groups excluding carboxylic acids is 1. The fourth-order valence-electron chi connectivity index (χ4n) is 1.95. The van der Waals surface area contributed by atoms with Crippen molar-refractivity contribution in [3.05, 3.63) is 44.9 Å². The maximum atomic E-state index is 12.1. The molecule has 0 radical (unpaired) electrons. The van der Waals surface area contributed by atoms with E-state index >= 15 is 0 Å². The number of amides is 1. The van der Waals surface area contributed by atoms with Gasteiger partial charge in [-0.2, -0.15) is 0 Å². The quantitative estimate of drug-likeness (QED) is 0.773. The summed E-state index contributed by atoms with van der Waals surface area (Å²) in [5, 5.41) is 15.5. The van der Waals surface area contributed by atoms with Crippen molar-refractivity contribution in [1.29, 1.82) is 0 Å². The number of carboxylic acid groups (broad SMARTS) is 1. The number of anilines is 1. The third-order valence-corrected chi connectivity index (χ3v) is 3.87. The average molecular weight is 398 g/mol. The largest absolute Gasteiger partial charge is 0.478 e. The smallest absolute Gasteiger partial charge is 0.337 e. The molecule has 0 spiro atoms. The molecule has 1 amide bonds. The van der Waals surface area contributed by atoms with Gasteiger partial charge in [-0.1, -0.05) is 5.16 Å². The van der Waals surface area contributed by atoms with E-state index in [2.05, 4.69) is 10.5 Å². The minimum absolute atomic E-state index is 0.0427. The van der Waals surface area contributed by atoms with Gasteiger partial charge in [0, 0.05) is 15.6 Å². The summed E-state index contributed by atoms with van der Waals surface area (Å²) in [6.07, 6.45) is 2.10. The molecular weight excluding hydrogens is 387 g/mol. The average Bonchev–Trinajstić information content (AvgIpc) is 3.18. The summed E-state index contributed by atoms with van der Waals surface area (Å²) in [7, 11) is 0. The number of hydrogen-bond acceptors (Lipinski definition) is 4. The molecule has 1 fully saturated rings. The Balaban J connectivity index is 1.81. The van der Waals surface area contributed by atoms with Crippen molar-refractivity contribution in [1.82, 2.24) is 5.16 Å². The molecule has 108 valence electrons. The number of halogens is 1. The lowest BCUT2D eigenvalue weighted by Crippen LogP contribution is -2.15. The summed E-state index contributed by atoms with van der Waals surface area (Å²) in [6.45, 7) is 0. The predicted octanol–water partition coefficient (Wildman–Crippen LogP) is 3.11. The van der Waals surface area contributed by atoms with Gasteiger partial charge in [-0.15, -0.1) is 0 Å². The summed E-state index contributed by atoms with van der Waals surface area (Å²) >= 11 is 2.01. The van der Waals surface area contributed by atoms with Crippen LogP contribution in [0.4, 0.5) is 5.69 Å². The van der Waals surface area contributed by atoms with E-state index in [-0.39, 0.29) is 16.9 Å². The minimum atomic E-state index is -1.09. The molecule has 21 heavy (non-hydrogen) atoms. The molecule has 1 aliphatic carbocycles. The molecule has 7 heteroatoms. The SMILES string of the molecule is O=C(Nc1ccc(I)cc1C(=O)O)c1cc(C2CC2)on1. The molecule has 0 aliphatic heterocycles. The first kappa shape index (κ1) is 14.1. The second kappa shape index (κ2) is 5.47. The van der Waals surface area contributed by atoms with Crippen LogP contribution in [0.25, 0.3) is 0 Å². The van der Waals surface area contributed by atoms with Crippen LogP contribution >= 0.6 is 22.6 Å². The minimum Gasteiger partial charge on any atom is -0.478 e. The van der Waals surface area contributed by atoms with Crippen LogP contribution in [0.2, 0.25) is 0 Å². The highest BCUT2D eigenvalue weighted by atomic mass is 127. The first-order chi connectivity index (χ1) is 10.0. The summed E-state index contributed by atoms with van der Waals surface area (Å²) < 4.78 is 5.89. The van der Waals surface area contributed by atoms with E-state index < -0.39 is 11.9 Å². The monoisotopic (exact) mass is 398 g/mol. The van der Waals surface area contributed by atoms with E-state index in [4.69, 9.17) is 9.63 Å². The zero-order valence-corrected chi connectivity index (χ0v) is 13.0. The normalized spacial score (nSPS) is 14.0. The third-order valence-electron chi connectivity index (χ3n) is 3.20. The van der Waals surface area contributed by atoms with E-state index in [9.17, 15) is 9.59 Å². The lowest BCUT2D eigenvalue weighted by atomic mass is 10.1. The lowest BCUT2D eigenvalue weighted by Gasteiger charge is -2.07. The molecule has 6 nitrogen and oxygen atoms in total. The van der Waals surface area contributed by atoms with E-state index in [0.717, 1.165) is 16.4 Å². The third kappa shape index (κ3) is 3.07. The van der Waals surface area contributed by atoms with Gasteiger partial charge in [0.25, 0.3) is 5.91 Å². The number of benzene rings is 1. The molecule has 2 aromatic rings. The molecule has 2 N–H and O–H groups in total. The molecule has 0 saturated heterocycles. The zero-order chi connectivity index (χ0) is 15.0. The summed E-state index contributed by atoms with van der Waals surface area (Å²) in [6, 6.07) is 6.39. The van der Waals surface area contributed by atoms with Crippen LogP contribution in [0.5, 0.6) is 0 Å². The zero-order valence-electron chi connectivity index (χ0n) is 10.8. The van der Waals surface area contributed by atoms with Crippen molar-refractivity contribution < 1.29 is 19.2 Å². The van der Waals surface area contributed by atoms with Crippen LogP contribution in [0.1, 0.15) is 45.4 Å². The second-order valence-corrected chi connectivity index (χ2v) is 6.08. The fraction of sp³-hybridized carbons (Fsp3) is 0.214. The number of rotatable bonds is 4. The Morgan fingerprint density at radius 3 is 2.76 bits per heavy atom. The molecule has 1 aliphatic rings. The van der Waals surface area contributed by atoms with Gasteiger partial charge in [-0.05, 0) is 53.6 Å². The van der Waals surface area contributed by atoms with Crippen LogP contribution in [-0.2, 0) is 0 Å². The summed E-state index contributed by atoms with van der Waals surface area (Å²) in [5.74, 6) is -0.495. The number of carboxylic acids is 1. The van der Waals surface area contributed by atoms with Gasteiger partial charge >= 0.3 is 5.97 Å². The standard InChI is InChI=1S/C14H11IN2O4/c15-8-3-4-10(9(5-8)14(19)20)16-13(18)11-6-12(21-17-11)7-1-2-7/h3-7H,1-2H2,(H,16,18)(H,19,20). The number of nitrogens with one attached hydrogen (secondary N) is 1. The number of aromatic carboxylic acids is 1. The number of carbonyl (C=O) groups is 2. The maximum Gasteiger partial charge on any atom is 0.337 e. The van der Waals surface area contributed by atoms with Crippen molar-refractivity contribution in [2.45, 2.75) is 18.8 Å². The highest BCUT2D eigenvalue weighted by Crippen LogP contribution is 2.40. The van der Waals surface area contributed by atoms with Gasteiger partial charge in [0.2, 0.25) is 0 Å². The van der Waals surface area contributed by atoms with Crippen molar-refractivity contribution in [2.75, 3.05) is 5.32 Å². The van der Waals surface area contributed by atoms with Crippen LogP contribution in [0.3, 0.4) is 0 Å². The van der Waals surface area contributed by atoms with Gasteiger partial charge in [-0.25, -0.2) is 4.79 Å². The molecule has 1 heterocycles. The molecule has 0 unspecified atom stereocenters. The van der Waals surface area contributed by atoms with Gasteiger partial charge in [-0.3, -0.25) is 4.79 Å². The highest BCUT2D eigenvalue weighted by molar-refractivity contribution is 14.1. The second-order valence-electron chi connectivity index (χ2n) is 4.84. The van der Waals surface area contributed by atoms with Crippen molar-refractivity contribution in [3.63, 3.8) is 0 Å². The number of hydrogen-bond donors (Lipinski definition) is 2. The maximum absolute atomic E-state index is 12.1. The summed E-state index contributed by atoms with van der Waals surface area (Å²) in [5.41, 5.74) is 0.442. The van der Waals surface area contributed by atoms with E-state index in [1.165, 1.54) is 6.07 Å². The molecule has 1 saturated carbocycles. The Bertz CT molecular complexity index is 722. The molecular formula is C14H11IN2O4. The van der Waals surface area contributed by atoms with Crippen LogP contribution < -0.4 is 5.32 Å². The van der Waals surface area contributed by atoms with Crippen molar-refractivity contribution in [2.24, 2.45) is 0 Å². The Labute approximate surface area is 133 Å². The molecule has 3 rings (SSSR count). The van der Waals surface area contributed by atoms with Crippen molar-refractivity contribution in [3.8, 4) is 0 Å². The van der Waals surface area contributed by atoms with E-state index in [1.807, 2.05) is 22.6 Å². The number of nitrogens with zero attached hydrogens (tertiary/aromatic N) is 1. The van der Waals surface area contributed by atoms with Crippen LogP contribution in [0.15, 0.2) is 28.8 Å². The molecule has 0 bridgehead atoms. The van der Waals surface area contributed by atoms with E-state index in [0.29, 0.717) is 11.7 Å². The molecule has 1 aromatic heterocycles. The Kier molecular flexibility index (Phi) is 3.66. The highest BCUT2D eigenvalue weighted by Gasteiger charge is 2.29. The first-order valence-electron chi connectivity index (χ1n) is 6.35. The number of aromatic nitrogens is 1. The Morgan fingerprint density at radius 2 is 2.10 bits per heavy atom. The van der Waals surface area contributed by atoms with Crippen molar-refractivity contribution >= 4 is 40.2 Å². The van der Waals surface area contributed by atoms with Crippen LogP contribution in [-0.4, -0.2) is 22.1 Å². The van der Waals surface area contributed by atoms with E-state index in [1.54, 1.807) is 18.2 Å². The van der Waals surface area contributed by atoms with Gasteiger partial charge in [0.1, 0.15) is 5.76 Å². The first-order valence-corrected chi connectivity index (χ1v) is 7.43. The fourth-order valence-corrected chi connectivity index (χ4v) is 2.44. The van der Waals surface area contributed by atoms with Gasteiger partial charge in [0.05, 0.1) is 11.3 Å². The topological polar surface area (TPSA) is 92.4 Å². The van der Waals surface area contributed by atoms with Crippen LogP contribution in [0, 0.1) is 3.57 Å². The molecule has 1 aromatic carbocycles.